The third-order valence-corrected chi connectivity index (χ3v) is 5.14. The number of ether oxygens (including phenoxy) is 2. The molecule has 1 aromatic rings. The van der Waals surface area contributed by atoms with Crippen LogP contribution >= 0.6 is 0 Å². The monoisotopic (exact) mass is 375 g/mol. The van der Waals surface area contributed by atoms with Gasteiger partial charge in [0.25, 0.3) is 5.91 Å². The Hall–Kier alpha value is -1.90. The Bertz CT molecular complexity index is 716. The molecule has 1 saturated heterocycles. The number of hydrogen-bond acceptors (Lipinski definition) is 6. The van der Waals surface area contributed by atoms with Gasteiger partial charge < -0.3 is 24.5 Å². The number of carbonyl (C=O) groups is 2. The molecule has 1 fully saturated rings. The number of carbonyl (C=O) groups excluding carboxylic acids is 2. The SMILES string of the molecule is Cc1c(C(=O)NC(C(=O)OCC2CCCO2)C(C)C)ccc2c1B(O)OC2. The molecule has 146 valence electrons. The molecule has 0 spiro atoms. The first-order chi connectivity index (χ1) is 12.9. The van der Waals surface area contributed by atoms with Gasteiger partial charge in [-0.1, -0.05) is 19.9 Å². The van der Waals surface area contributed by atoms with Crippen molar-refractivity contribution in [3.05, 3.63) is 28.8 Å². The molecule has 2 unspecified atom stereocenters. The standard InChI is InChI=1S/C19H26BNO6/c1-11(2)17(19(23)26-10-14-5-4-8-25-14)21-18(22)15-7-6-13-9-27-20(24)16(13)12(15)3/h6-7,11,14,17,24H,4-5,8-10H2,1-3H3,(H,21,22). The fourth-order valence-electron chi connectivity index (χ4n) is 3.51. The van der Waals surface area contributed by atoms with E-state index >= 15 is 0 Å². The van der Waals surface area contributed by atoms with Crippen LogP contribution in [0.4, 0.5) is 0 Å². The minimum Gasteiger partial charge on any atom is -0.461 e. The molecule has 2 aliphatic heterocycles. The summed E-state index contributed by atoms with van der Waals surface area (Å²) >= 11 is 0. The van der Waals surface area contributed by atoms with E-state index in [1.54, 1.807) is 19.1 Å². The van der Waals surface area contributed by atoms with Crippen LogP contribution in [0.5, 0.6) is 0 Å². The van der Waals surface area contributed by atoms with Crippen LogP contribution in [0.3, 0.4) is 0 Å². The number of esters is 1. The Morgan fingerprint density at radius 1 is 1.41 bits per heavy atom. The van der Waals surface area contributed by atoms with Gasteiger partial charge in [-0.15, -0.1) is 0 Å². The summed E-state index contributed by atoms with van der Waals surface area (Å²) in [7, 11) is -1.02. The molecule has 8 heteroatoms. The molecule has 0 radical (unpaired) electrons. The van der Waals surface area contributed by atoms with Crippen LogP contribution in [-0.4, -0.2) is 49.4 Å². The smallest absolute Gasteiger partial charge is 0.461 e. The molecule has 2 aliphatic rings. The van der Waals surface area contributed by atoms with E-state index in [-0.39, 0.29) is 24.5 Å². The zero-order valence-electron chi connectivity index (χ0n) is 16.0. The van der Waals surface area contributed by atoms with Gasteiger partial charge in [0, 0.05) is 12.2 Å². The van der Waals surface area contributed by atoms with Gasteiger partial charge in [0.05, 0.1) is 12.7 Å². The minimum absolute atomic E-state index is 0.0575. The summed E-state index contributed by atoms with van der Waals surface area (Å²) in [4.78, 5) is 25.3. The molecule has 0 aliphatic carbocycles. The first-order valence-electron chi connectivity index (χ1n) is 9.39. The summed E-state index contributed by atoms with van der Waals surface area (Å²) in [5.41, 5.74) is 2.57. The predicted octanol–water partition coefficient (Wildman–Crippen LogP) is 0.689. The fourth-order valence-corrected chi connectivity index (χ4v) is 3.51. The fraction of sp³-hybridized carbons (Fsp3) is 0.579. The Kier molecular flexibility index (Phi) is 6.19. The highest BCUT2D eigenvalue weighted by Crippen LogP contribution is 2.17. The van der Waals surface area contributed by atoms with E-state index in [0.717, 1.165) is 18.4 Å². The molecule has 3 rings (SSSR count). The van der Waals surface area contributed by atoms with Gasteiger partial charge >= 0.3 is 13.1 Å². The lowest BCUT2D eigenvalue weighted by Crippen LogP contribution is -2.46. The first-order valence-corrected chi connectivity index (χ1v) is 9.39. The van der Waals surface area contributed by atoms with Crippen molar-refractivity contribution in [2.75, 3.05) is 13.2 Å². The molecule has 0 bridgehead atoms. The number of fused-ring (bicyclic) bond motifs is 1. The van der Waals surface area contributed by atoms with Crippen LogP contribution in [0, 0.1) is 12.8 Å². The Labute approximate surface area is 159 Å². The Balaban J connectivity index is 1.68. The van der Waals surface area contributed by atoms with Crippen molar-refractivity contribution in [1.29, 1.82) is 0 Å². The van der Waals surface area contributed by atoms with Gasteiger partial charge in [0.1, 0.15) is 12.6 Å². The molecule has 0 saturated carbocycles. The van der Waals surface area contributed by atoms with Crippen molar-refractivity contribution < 1.29 is 28.7 Å². The van der Waals surface area contributed by atoms with Crippen molar-refractivity contribution in [1.82, 2.24) is 5.32 Å². The first kappa shape index (κ1) is 19.9. The maximum absolute atomic E-state index is 12.8. The highest BCUT2D eigenvalue weighted by molar-refractivity contribution is 6.62. The molecule has 7 nitrogen and oxygen atoms in total. The summed E-state index contributed by atoms with van der Waals surface area (Å²) in [6, 6.07) is 2.71. The molecular weight excluding hydrogens is 349 g/mol. The summed E-state index contributed by atoms with van der Waals surface area (Å²) in [6.07, 6.45) is 1.79. The highest BCUT2D eigenvalue weighted by Gasteiger charge is 2.33. The second-order valence-corrected chi connectivity index (χ2v) is 7.43. The third-order valence-electron chi connectivity index (χ3n) is 5.14. The van der Waals surface area contributed by atoms with Gasteiger partial charge in [0.2, 0.25) is 0 Å². The lowest BCUT2D eigenvalue weighted by Gasteiger charge is -2.22. The van der Waals surface area contributed by atoms with Crippen LogP contribution in [0.1, 0.15) is 48.2 Å². The number of hydrogen-bond donors (Lipinski definition) is 2. The van der Waals surface area contributed by atoms with Crippen molar-refractivity contribution in [3.63, 3.8) is 0 Å². The summed E-state index contributed by atoms with van der Waals surface area (Å²) in [6.45, 7) is 6.70. The maximum atomic E-state index is 12.8. The Morgan fingerprint density at radius 3 is 2.85 bits per heavy atom. The summed E-state index contributed by atoms with van der Waals surface area (Å²) in [5, 5.41) is 12.7. The van der Waals surface area contributed by atoms with E-state index in [1.165, 1.54) is 0 Å². The third kappa shape index (κ3) is 4.34. The van der Waals surface area contributed by atoms with Gasteiger partial charge in [0.15, 0.2) is 0 Å². The van der Waals surface area contributed by atoms with Gasteiger partial charge in [-0.05, 0) is 48.3 Å². The van der Waals surface area contributed by atoms with Crippen LogP contribution in [0.25, 0.3) is 0 Å². The van der Waals surface area contributed by atoms with Gasteiger partial charge in [-0.3, -0.25) is 4.79 Å². The van der Waals surface area contributed by atoms with Crippen molar-refractivity contribution >= 4 is 24.5 Å². The molecular formula is C19H26BNO6. The molecule has 2 atom stereocenters. The van der Waals surface area contributed by atoms with Gasteiger partial charge in [-0.25, -0.2) is 4.79 Å². The molecule has 27 heavy (non-hydrogen) atoms. The number of amides is 1. The lowest BCUT2D eigenvalue weighted by molar-refractivity contribution is -0.150. The normalized spacial score (nSPS) is 19.9. The summed E-state index contributed by atoms with van der Waals surface area (Å²) < 4.78 is 16.0. The number of nitrogens with one attached hydrogen (secondary N) is 1. The molecule has 1 amide bonds. The molecule has 0 aromatic heterocycles. The maximum Gasteiger partial charge on any atom is 0.492 e. The average Bonchev–Trinajstić information content (AvgIpc) is 3.27. The van der Waals surface area contributed by atoms with E-state index in [9.17, 15) is 14.6 Å². The zero-order chi connectivity index (χ0) is 19.6. The van der Waals surface area contributed by atoms with E-state index in [4.69, 9.17) is 14.1 Å². The lowest BCUT2D eigenvalue weighted by atomic mass is 9.75. The van der Waals surface area contributed by atoms with E-state index in [1.807, 2.05) is 13.8 Å². The van der Waals surface area contributed by atoms with Gasteiger partial charge in [-0.2, -0.15) is 0 Å². The van der Waals surface area contributed by atoms with Crippen molar-refractivity contribution in [2.45, 2.75) is 52.4 Å². The van der Waals surface area contributed by atoms with Crippen LogP contribution in [-0.2, 0) is 25.5 Å². The largest absolute Gasteiger partial charge is 0.492 e. The second kappa shape index (κ2) is 8.41. The zero-order valence-corrected chi connectivity index (χ0v) is 16.0. The molecule has 2 N–H and O–H groups in total. The topological polar surface area (TPSA) is 94.1 Å². The van der Waals surface area contributed by atoms with Crippen molar-refractivity contribution in [2.24, 2.45) is 5.92 Å². The minimum atomic E-state index is -1.02. The summed E-state index contributed by atoms with van der Waals surface area (Å²) in [5.74, 6) is -0.965. The van der Waals surface area contributed by atoms with Crippen LogP contribution < -0.4 is 10.8 Å². The van der Waals surface area contributed by atoms with Crippen molar-refractivity contribution in [3.8, 4) is 0 Å². The Morgan fingerprint density at radius 2 is 2.19 bits per heavy atom. The van der Waals surface area contributed by atoms with Crippen LogP contribution in [0.15, 0.2) is 12.1 Å². The predicted molar refractivity (Wildman–Crippen MR) is 99.6 cm³/mol. The average molecular weight is 375 g/mol. The van der Waals surface area contributed by atoms with E-state index in [0.29, 0.717) is 29.8 Å². The second-order valence-electron chi connectivity index (χ2n) is 7.43. The quantitative estimate of drug-likeness (QED) is 0.561. The highest BCUT2D eigenvalue weighted by atomic mass is 16.6. The molecule has 1 aromatic carbocycles. The number of benzene rings is 1. The van der Waals surface area contributed by atoms with E-state index < -0.39 is 19.1 Å². The molecule has 2 heterocycles. The van der Waals surface area contributed by atoms with Crippen LogP contribution in [0.2, 0.25) is 0 Å². The number of rotatable bonds is 6. The van der Waals surface area contributed by atoms with E-state index in [2.05, 4.69) is 5.32 Å².